The molecule has 6 heteroatoms. The van der Waals surface area contributed by atoms with Crippen molar-refractivity contribution < 1.29 is 9.53 Å². The third-order valence-electron chi connectivity index (χ3n) is 2.42. The second kappa shape index (κ2) is 7.61. The predicted molar refractivity (Wildman–Crippen MR) is 78.1 cm³/mol. The minimum Gasteiger partial charge on any atom is -0.496 e. The average Bonchev–Trinajstić information content (AvgIpc) is 2.28. The van der Waals surface area contributed by atoms with Crippen LogP contribution in [0.4, 0.5) is 0 Å². The van der Waals surface area contributed by atoms with Crippen LogP contribution in [0, 0.1) is 0 Å². The first-order valence-corrected chi connectivity index (χ1v) is 6.08. The zero-order valence-corrected chi connectivity index (χ0v) is 13.0. The lowest BCUT2D eigenvalue weighted by Gasteiger charge is -2.20. The molecule has 0 aliphatic heterocycles. The molecule has 0 saturated carbocycles. The van der Waals surface area contributed by atoms with Crippen LogP contribution in [0.25, 0.3) is 0 Å². The number of halogens is 2. The Morgan fingerprint density at radius 3 is 2.67 bits per heavy atom. The molecular weight excluding hydrogens is 320 g/mol. The largest absolute Gasteiger partial charge is 0.496 e. The van der Waals surface area contributed by atoms with Gasteiger partial charge in [0.15, 0.2) is 0 Å². The monoisotopic (exact) mass is 336 g/mol. The van der Waals surface area contributed by atoms with Gasteiger partial charge in [0.25, 0.3) is 0 Å². The van der Waals surface area contributed by atoms with Crippen molar-refractivity contribution in [3.05, 3.63) is 28.2 Å². The van der Waals surface area contributed by atoms with Crippen LogP contribution in [-0.4, -0.2) is 31.0 Å². The van der Waals surface area contributed by atoms with Gasteiger partial charge in [-0.2, -0.15) is 0 Å². The van der Waals surface area contributed by atoms with Crippen molar-refractivity contribution in [2.45, 2.75) is 19.5 Å². The Balaban J connectivity index is 0.00000289. The number of nitrogens with two attached hydrogens (primary N) is 1. The summed E-state index contributed by atoms with van der Waals surface area (Å²) in [5, 5.41) is 0. The maximum absolute atomic E-state index is 11.7. The van der Waals surface area contributed by atoms with Crippen LogP contribution in [-0.2, 0) is 11.3 Å². The smallest absolute Gasteiger partial charge is 0.239 e. The summed E-state index contributed by atoms with van der Waals surface area (Å²) < 4.78 is 6.21. The first-order chi connectivity index (χ1) is 7.95. The van der Waals surface area contributed by atoms with E-state index in [1.807, 2.05) is 18.2 Å². The van der Waals surface area contributed by atoms with E-state index < -0.39 is 6.04 Å². The Labute approximate surface area is 122 Å². The molecule has 18 heavy (non-hydrogen) atoms. The van der Waals surface area contributed by atoms with Gasteiger partial charge in [-0.05, 0) is 25.1 Å². The highest BCUT2D eigenvalue weighted by Crippen LogP contribution is 2.24. The molecule has 1 atom stereocenters. The van der Waals surface area contributed by atoms with Crippen molar-refractivity contribution in [2.24, 2.45) is 5.73 Å². The molecule has 0 aliphatic rings. The van der Waals surface area contributed by atoms with E-state index in [1.165, 1.54) is 0 Å². The van der Waals surface area contributed by atoms with Gasteiger partial charge in [0.05, 0.1) is 13.2 Å². The van der Waals surface area contributed by atoms with Gasteiger partial charge in [-0.1, -0.05) is 15.9 Å². The normalized spacial score (nSPS) is 11.4. The fourth-order valence-corrected chi connectivity index (χ4v) is 1.96. The summed E-state index contributed by atoms with van der Waals surface area (Å²) in [4.78, 5) is 13.3. The van der Waals surface area contributed by atoms with Gasteiger partial charge in [-0.15, -0.1) is 12.4 Å². The van der Waals surface area contributed by atoms with E-state index in [1.54, 1.807) is 26.0 Å². The summed E-state index contributed by atoms with van der Waals surface area (Å²) in [5.41, 5.74) is 6.50. The fourth-order valence-electron chi connectivity index (χ4n) is 1.55. The minimum atomic E-state index is -0.488. The number of ether oxygens (including phenoxy) is 1. The molecule has 102 valence electrons. The Bertz CT molecular complexity index is 413. The number of methoxy groups -OCH3 is 1. The van der Waals surface area contributed by atoms with Crippen molar-refractivity contribution in [2.75, 3.05) is 14.2 Å². The van der Waals surface area contributed by atoms with Crippen LogP contribution < -0.4 is 10.5 Å². The van der Waals surface area contributed by atoms with Gasteiger partial charge < -0.3 is 15.4 Å². The number of hydrogen-bond acceptors (Lipinski definition) is 3. The van der Waals surface area contributed by atoms with Crippen molar-refractivity contribution >= 4 is 34.2 Å². The molecule has 0 fully saturated rings. The number of amides is 1. The molecule has 1 amide bonds. The number of likely N-dealkylation sites (N-methyl/N-ethyl adjacent to an activating group) is 1. The Hall–Kier alpha value is -0.780. The maximum atomic E-state index is 11.7. The number of carbonyl (C=O) groups is 1. The molecule has 0 saturated heterocycles. The molecule has 0 heterocycles. The Kier molecular flexibility index (Phi) is 7.28. The van der Waals surface area contributed by atoms with Crippen molar-refractivity contribution in [1.82, 2.24) is 4.90 Å². The Morgan fingerprint density at radius 1 is 1.56 bits per heavy atom. The zero-order valence-electron chi connectivity index (χ0n) is 10.6. The summed E-state index contributed by atoms with van der Waals surface area (Å²) >= 11 is 3.40. The minimum absolute atomic E-state index is 0. The van der Waals surface area contributed by atoms with E-state index in [-0.39, 0.29) is 18.3 Å². The van der Waals surface area contributed by atoms with Crippen molar-refractivity contribution in [3.63, 3.8) is 0 Å². The lowest BCUT2D eigenvalue weighted by Crippen LogP contribution is -2.39. The molecule has 1 aromatic carbocycles. The predicted octanol–water partition coefficient (Wildman–Crippen LogP) is 2.19. The zero-order chi connectivity index (χ0) is 13.0. The summed E-state index contributed by atoms with van der Waals surface area (Å²) in [5.74, 6) is 0.671. The second-order valence-electron chi connectivity index (χ2n) is 3.94. The van der Waals surface area contributed by atoms with Gasteiger partial charge in [0, 0.05) is 23.6 Å². The van der Waals surface area contributed by atoms with E-state index in [0.29, 0.717) is 6.54 Å². The highest BCUT2D eigenvalue weighted by molar-refractivity contribution is 9.10. The lowest BCUT2D eigenvalue weighted by atomic mass is 10.2. The third kappa shape index (κ3) is 4.48. The molecule has 0 radical (unpaired) electrons. The number of benzene rings is 1. The van der Waals surface area contributed by atoms with E-state index >= 15 is 0 Å². The maximum Gasteiger partial charge on any atom is 0.239 e. The van der Waals surface area contributed by atoms with Crippen LogP contribution in [0.1, 0.15) is 12.5 Å². The van der Waals surface area contributed by atoms with Gasteiger partial charge in [-0.3, -0.25) is 4.79 Å². The SMILES string of the molecule is COc1ccc(Br)cc1CN(C)C(=O)[C@@H](C)N.Cl. The molecule has 1 rings (SSSR count). The number of rotatable bonds is 4. The highest BCUT2D eigenvalue weighted by atomic mass is 79.9. The summed E-state index contributed by atoms with van der Waals surface area (Å²) in [7, 11) is 3.34. The first kappa shape index (κ1) is 17.2. The third-order valence-corrected chi connectivity index (χ3v) is 2.91. The van der Waals surface area contributed by atoms with Gasteiger partial charge in [-0.25, -0.2) is 0 Å². The standard InChI is InChI=1S/C12H17BrN2O2.ClH/c1-8(14)12(16)15(2)7-9-6-10(13)4-5-11(9)17-3;/h4-6,8H,7,14H2,1-3H3;1H/t8-;/m1./s1. The molecule has 0 aromatic heterocycles. The molecule has 0 spiro atoms. The molecule has 4 nitrogen and oxygen atoms in total. The van der Waals surface area contributed by atoms with E-state index in [2.05, 4.69) is 15.9 Å². The van der Waals surface area contributed by atoms with Crippen LogP contribution in [0.2, 0.25) is 0 Å². The van der Waals surface area contributed by atoms with E-state index in [9.17, 15) is 4.79 Å². The molecule has 0 aliphatic carbocycles. The highest BCUT2D eigenvalue weighted by Gasteiger charge is 2.15. The number of carbonyl (C=O) groups excluding carboxylic acids is 1. The second-order valence-corrected chi connectivity index (χ2v) is 4.85. The summed E-state index contributed by atoms with van der Waals surface area (Å²) in [6.07, 6.45) is 0. The molecular formula is C12H18BrClN2O2. The van der Waals surface area contributed by atoms with Crippen LogP contribution in [0.15, 0.2) is 22.7 Å². The fraction of sp³-hybridized carbons (Fsp3) is 0.417. The lowest BCUT2D eigenvalue weighted by molar-refractivity contribution is -0.131. The van der Waals surface area contributed by atoms with Crippen molar-refractivity contribution in [1.29, 1.82) is 0 Å². The molecule has 1 aromatic rings. The van der Waals surface area contributed by atoms with Crippen LogP contribution in [0.5, 0.6) is 5.75 Å². The van der Waals surface area contributed by atoms with Gasteiger partial charge in [0.1, 0.15) is 5.75 Å². The van der Waals surface area contributed by atoms with Gasteiger partial charge in [0.2, 0.25) is 5.91 Å². The quantitative estimate of drug-likeness (QED) is 0.916. The number of hydrogen-bond donors (Lipinski definition) is 1. The first-order valence-electron chi connectivity index (χ1n) is 5.28. The Morgan fingerprint density at radius 2 is 2.17 bits per heavy atom. The average molecular weight is 338 g/mol. The van der Waals surface area contributed by atoms with Gasteiger partial charge >= 0.3 is 0 Å². The van der Waals surface area contributed by atoms with E-state index in [4.69, 9.17) is 10.5 Å². The van der Waals surface area contributed by atoms with Crippen LogP contribution >= 0.6 is 28.3 Å². The molecule has 2 N–H and O–H groups in total. The molecule has 0 bridgehead atoms. The number of nitrogens with zero attached hydrogens (tertiary/aromatic N) is 1. The van der Waals surface area contributed by atoms with E-state index in [0.717, 1.165) is 15.8 Å². The topological polar surface area (TPSA) is 55.6 Å². The summed E-state index contributed by atoms with van der Waals surface area (Å²) in [6, 6.07) is 5.21. The van der Waals surface area contributed by atoms with Crippen LogP contribution in [0.3, 0.4) is 0 Å². The molecule has 0 unspecified atom stereocenters. The van der Waals surface area contributed by atoms with Crippen molar-refractivity contribution in [3.8, 4) is 5.75 Å². The summed E-state index contributed by atoms with van der Waals surface area (Å²) in [6.45, 7) is 2.15.